The van der Waals surface area contributed by atoms with Gasteiger partial charge in [0.05, 0.1) is 12.8 Å². The second-order valence-corrected chi connectivity index (χ2v) is 9.72. The highest BCUT2D eigenvalue weighted by Crippen LogP contribution is 2.29. The Morgan fingerprint density at radius 2 is 1.51 bits per heavy atom. The SMILES string of the molecule is CC(C)c1ccc(C(C(=O)NC(C)(C)C)N(C(=O)CNC(=O)c2ccco2)c2ccccc2)cc1. The van der Waals surface area contributed by atoms with Crippen molar-refractivity contribution in [3.8, 4) is 0 Å². The minimum Gasteiger partial charge on any atom is -0.459 e. The first-order chi connectivity index (χ1) is 16.6. The molecule has 35 heavy (non-hydrogen) atoms. The molecule has 1 unspecified atom stereocenters. The predicted octanol–water partition coefficient (Wildman–Crippen LogP) is 4.82. The molecule has 3 rings (SSSR count). The van der Waals surface area contributed by atoms with Crippen molar-refractivity contribution < 1.29 is 18.8 Å². The van der Waals surface area contributed by atoms with Gasteiger partial charge in [-0.15, -0.1) is 0 Å². The number of furan rings is 1. The van der Waals surface area contributed by atoms with Crippen LogP contribution >= 0.6 is 0 Å². The summed E-state index contributed by atoms with van der Waals surface area (Å²) in [6.07, 6.45) is 1.39. The summed E-state index contributed by atoms with van der Waals surface area (Å²) in [4.78, 5) is 41.0. The van der Waals surface area contributed by atoms with E-state index >= 15 is 0 Å². The normalized spacial score (nSPS) is 12.2. The van der Waals surface area contributed by atoms with Gasteiger partial charge in [0.2, 0.25) is 11.8 Å². The van der Waals surface area contributed by atoms with Gasteiger partial charge in [-0.2, -0.15) is 0 Å². The summed E-state index contributed by atoms with van der Waals surface area (Å²) in [5.41, 5.74) is 1.84. The maximum absolute atomic E-state index is 13.6. The number of benzene rings is 2. The Hall–Kier alpha value is -3.87. The number of carbonyl (C=O) groups excluding carboxylic acids is 3. The molecule has 7 heteroatoms. The lowest BCUT2D eigenvalue weighted by molar-refractivity contribution is -0.127. The van der Waals surface area contributed by atoms with E-state index < -0.39 is 23.4 Å². The highest BCUT2D eigenvalue weighted by molar-refractivity contribution is 6.04. The van der Waals surface area contributed by atoms with Gasteiger partial charge in [0, 0.05) is 11.2 Å². The molecule has 0 fully saturated rings. The molecular formula is C28H33N3O4. The summed E-state index contributed by atoms with van der Waals surface area (Å²) >= 11 is 0. The number of hydrogen-bond acceptors (Lipinski definition) is 4. The zero-order valence-electron chi connectivity index (χ0n) is 20.9. The Labute approximate surface area is 206 Å². The molecular weight excluding hydrogens is 442 g/mol. The summed E-state index contributed by atoms with van der Waals surface area (Å²) in [5, 5.41) is 5.61. The van der Waals surface area contributed by atoms with Crippen LogP contribution in [-0.4, -0.2) is 29.8 Å². The molecule has 0 saturated carbocycles. The van der Waals surface area contributed by atoms with Crippen LogP contribution in [0.5, 0.6) is 0 Å². The Kier molecular flexibility index (Phi) is 8.12. The topological polar surface area (TPSA) is 91.7 Å². The fraction of sp³-hybridized carbons (Fsp3) is 0.321. The number of nitrogens with one attached hydrogen (secondary N) is 2. The maximum atomic E-state index is 13.6. The highest BCUT2D eigenvalue weighted by Gasteiger charge is 2.34. The molecule has 7 nitrogen and oxygen atoms in total. The summed E-state index contributed by atoms with van der Waals surface area (Å²) in [6, 6.07) is 18.9. The van der Waals surface area contributed by atoms with E-state index in [1.165, 1.54) is 17.2 Å². The number of hydrogen-bond donors (Lipinski definition) is 2. The first-order valence-corrected chi connectivity index (χ1v) is 11.7. The smallest absolute Gasteiger partial charge is 0.287 e. The zero-order chi connectivity index (χ0) is 25.6. The van der Waals surface area contributed by atoms with Crippen LogP contribution in [0.1, 0.15) is 68.3 Å². The minimum absolute atomic E-state index is 0.107. The van der Waals surface area contributed by atoms with Gasteiger partial charge in [-0.3, -0.25) is 19.3 Å². The van der Waals surface area contributed by atoms with E-state index in [2.05, 4.69) is 24.5 Å². The molecule has 184 valence electrons. The molecule has 1 aromatic heterocycles. The number of para-hydroxylation sites is 1. The number of amides is 3. The minimum atomic E-state index is -0.939. The van der Waals surface area contributed by atoms with Crippen LogP contribution in [-0.2, 0) is 9.59 Å². The molecule has 2 aromatic carbocycles. The average molecular weight is 476 g/mol. The standard InChI is InChI=1S/C28H33N3O4/c1-19(2)20-13-15-21(16-14-20)25(27(34)30-28(3,4)5)31(22-10-7-6-8-11-22)24(32)18-29-26(33)23-12-9-17-35-23/h6-17,19,25H,18H2,1-5H3,(H,29,33)(H,30,34). The average Bonchev–Trinajstić information content (AvgIpc) is 3.35. The van der Waals surface area contributed by atoms with E-state index in [4.69, 9.17) is 4.42 Å². The zero-order valence-corrected chi connectivity index (χ0v) is 20.9. The molecule has 2 N–H and O–H groups in total. The van der Waals surface area contributed by atoms with Crippen LogP contribution in [0.4, 0.5) is 5.69 Å². The van der Waals surface area contributed by atoms with E-state index in [0.717, 1.165) is 5.56 Å². The van der Waals surface area contributed by atoms with Crippen molar-refractivity contribution >= 4 is 23.4 Å². The molecule has 0 aliphatic carbocycles. The van der Waals surface area contributed by atoms with Gasteiger partial charge in [-0.05, 0) is 62.1 Å². The quantitative estimate of drug-likeness (QED) is 0.489. The fourth-order valence-electron chi connectivity index (χ4n) is 3.68. The van der Waals surface area contributed by atoms with Gasteiger partial charge in [0.1, 0.15) is 6.04 Å². The van der Waals surface area contributed by atoms with Gasteiger partial charge in [0.15, 0.2) is 5.76 Å². The number of rotatable bonds is 8. The van der Waals surface area contributed by atoms with Crippen molar-refractivity contribution in [1.29, 1.82) is 0 Å². The number of anilines is 1. The lowest BCUT2D eigenvalue weighted by Crippen LogP contribution is -2.51. The second kappa shape index (κ2) is 11.0. The Bertz CT molecular complexity index is 1130. The third kappa shape index (κ3) is 6.82. The first-order valence-electron chi connectivity index (χ1n) is 11.7. The van der Waals surface area contributed by atoms with E-state index in [-0.39, 0.29) is 18.2 Å². The molecule has 1 heterocycles. The van der Waals surface area contributed by atoms with Crippen molar-refractivity contribution in [2.24, 2.45) is 0 Å². The monoisotopic (exact) mass is 475 g/mol. The second-order valence-electron chi connectivity index (χ2n) is 9.72. The van der Waals surface area contributed by atoms with Crippen molar-refractivity contribution in [1.82, 2.24) is 10.6 Å². The summed E-state index contributed by atoms with van der Waals surface area (Å²) in [7, 11) is 0. The van der Waals surface area contributed by atoms with E-state index in [1.54, 1.807) is 30.3 Å². The molecule has 0 saturated heterocycles. The van der Waals surface area contributed by atoms with E-state index in [9.17, 15) is 14.4 Å². The van der Waals surface area contributed by atoms with Crippen LogP contribution in [0.25, 0.3) is 0 Å². The molecule has 0 aliphatic rings. The molecule has 3 amide bonds. The summed E-state index contributed by atoms with van der Waals surface area (Å²) < 4.78 is 5.11. The summed E-state index contributed by atoms with van der Waals surface area (Å²) in [6.45, 7) is 9.56. The van der Waals surface area contributed by atoms with Crippen LogP contribution in [0.3, 0.4) is 0 Å². The molecule has 1 atom stereocenters. The third-order valence-corrected chi connectivity index (χ3v) is 5.37. The van der Waals surface area contributed by atoms with Crippen molar-refractivity contribution in [2.45, 2.75) is 52.1 Å². The Morgan fingerprint density at radius 1 is 0.886 bits per heavy atom. The van der Waals surface area contributed by atoms with Crippen molar-refractivity contribution in [3.63, 3.8) is 0 Å². The molecule has 0 aliphatic heterocycles. The van der Waals surface area contributed by atoms with Gasteiger partial charge in [0.25, 0.3) is 5.91 Å². The number of carbonyl (C=O) groups is 3. The van der Waals surface area contributed by atoms with Crippen LogP contribution in [0, 0.1) is 0 Å². The summed E-state index contributed by atoms with van der Waals surface area (Å²) in [5.74, 6) is -0.819. The highest BCUT2D eigenvalue weighted by atomic mass is 16.3. The lowest BCUT2D eigenvalue weighted by Gasteiger charge is -2.34. The van der Waals surface area contributed by atoms with Gasteiger partial charge < -0.3 is 15.1 Å². The van der Waals surface area contributed by atoms with Crippen LogP contribution in [0.15, 0.2) is 77.4 Å². The number of nitrogens with zero attached hydrogens (tertiary/aromatic N) is 1. The molecule has 0 bridgehead atoms. The molecule has 0 radical (unpaired) electrons. The largest absolute Gasteiger partial charge is 0.459 e. The molecule has 3 aromatic rings. The third-order valence-electron chi connectivity index (χ3n) is 5.37. The Balaban J connectivity index is 2.00. The predicted molar refractivity (Wildman–Crippen MR) is 136 cm³/mol. The van der Waals surface area contributed by atoms with Gasteiger partial charge in [-0.25, -0.2) is 0 Å². The van der Waals surface area contributed by atoms with Crippen molar-refractivity contribution in [3.05, 3.63) is 89.9 Å². The van der Waals surface area contributed by atoms with E-state index in [1.807, 2.05) is 51.1 Å². The van der Waals surface area contributed by atoms with Crippen LogP contribution < -0.4 is 15.5 Å². The first kappa shape index (κ1) is 25.7. The lowest BCUT2D eigenvalue weighted by atomic mass is 9.96. The Morgan fingerprint density at radius 3 is 2.06 bits per heavy atom. The fourth-order valence-corrected chi connectivity index (χ4v) is 3.68. The maximum Gasteiger partial charge on any atom is 0.287 e. The van der Waals surface area contributed by atoms with E-state index in [0.29, 0.717) is 17.2 Å². The van der Waals surface area contributed by atoms with Gasteiger partial charge >= 0.3 is 0 Å². The van der Waals surface area contributed by atoms with Gasteiger partial charge in [-0.1, -0.05) is 56.3 Å². The molecule has 0 spiro atoms. The van der Waals surface area contributed by atoms with Crippen LogP contribution in [0.2, 0.25) is 0 Å². The van der Waals surface area contributed by atoms with Crippen molar-refractivity contribution in [2.75, 3.05) is 11.4 Å².